The van der Waals surface area contributed by atoms with Crippen molar-refractivity contribution in [2.24, 2.45) is 0 Å². The van der Waals surface area contributed by atoms with Gasteiger partial charge in [-0.25, -0.2) is 4.98 Å². The molecule has 1 aromatic carbocycles. The Labute approximate surface area is 170 Å². The monoisotopic (exact) mass is 385 g/mol. The summed E-state index contributed by atoms with van der Waals surface area (Å²) in [6.07, 6.45) is 2.10. The number of hydrogen-bond donors (Lipinski definition) is 1. The number of aliphatic hydroxyl groups excluding tert-OH is 1. The molecular weight excluding hydrogens is 350 g/mol. The lowest BCUT2D eigenvalue weighted by molar-refractivity contribution is 0.0714. The molecule has 0 aliphatic heterocycles. The average Bonchev–Trinajstić information content (AvgIpc) is 2.70. The van der Waals surface area contributed by atoms with E-state index in [0.29, 0.717) is 17.9 Å². The highest BCUT2D eigenvalue weighted by atomic mass is 16.5. The van der Waals surface area contributed by atoms with Crippen LogP contribution < -0.4 is 9.64 Å². The van der Waals surface area contributed by atoms with E-state index < -0.39 is 5.60 Å². The Morgan fingerprint density at radius 2 is 1.64 bits per heavy atom. The lowest BCUT2D eigenvalue weighted by Gasteiger charge is -2.25. The third-order valence-corrected chi connectivity index (χ3v) is 3.81. The second kappa shape index (κ2) is 12.7. The zero-order valence-electron chi connectivity index (χ0n) is 18.6. The van der Waals surface area contributed by atoms with Crippen LogP contribution in [0.25, 0.3) is 11.1 Å². The average molecular weight is 386 g/mol. The van der Waals surface area contributed by atoms with Gasteiger partial charge >= 0.3 is 0 Å². The maximum atomic E-state index is 9.60. The van der Waals surface area contributed by atoms with Crippen LogP contribution in [-0.2, 0) is 0 Å². The first kappa shape index (κ1) is 25.4. The molecule has 0 radical (unpaired) electrons. The van der Waals surface area contributed by atoms with E-state index in [0.717, 1.165) is 16.8 Å². The molecule has 1 aromatic heterocycles. The Hall–Kier alpha value is -2.58. The SMILES string of the molecule is CC.CC.CN(C)c1ccc(-c2ccnc(OC(C)(C)CCO)c2C#N)cc1. The van der Waals surface area contributed by atoms with Gasteiger partial charge in [-0.15, -0.1) is 0 Å². The fourth-order valence-corrected chi connectivity index (χ4v) is 2.39. The van der Waals surface area contributed by atoms with Gasteiger partial charge in [-0.1, -0.05) is 39.8 Å². The predicted octanol–water partition coefficient (Wildman–Crippen LogP) is 5.28. The number of benzene rings is 1. The van der Waals surface area contributed by atoms with Crippen LogP contribution in [0.5, 0.6) is 5.88 Å². The van der Waals surface area contributed by atoms with Crippen molar-refractivity contribution >= 4 is 5.69 Å². The summed E-state index contributed by atoms with van der Waals surface area (Å²) in [5.41, 5.74) is 2.62. The maximum absolute atomic E-state index is 9.60. The van der Waals surface area contributed by atoms with E-state index in [1.807, 2.05) is 90.9 Å². The second-order valence-corrected chi connectivity index (χ2v) is 6.43. The van der Waals surface area contributed by atoms with Crippen LogP contribution in [0, 0.1) is 11.3 Å². The molecule has 1 heterocycles. The first-order chi connectivity index (χ1) is 13.4. The van der Waals surface area contributed by atoms with Crippen LogP contribution in [0.4, 0.5) is 5.69 Å². The first-order valence-corrected chi connectivity index (χ1v) is 9.84. The van der Waals surface area contributed by atoms with E-state index >= 15 is 0 Å². The lowest BCUT2D eigenvalue weighted by Crippen LogP contribution is -2.30. The smallest absolute Gasteiger partial charge is 0.232 e. The number of anilines is 1. The number of rotatable bonds is 6. The van der Waals surface area contributed by atoms with Gasteiger partial charge in [0, 0.05) is 44.6 Å². The molecule has 0 fully saturated rings. The summed E-state index contributed by atoms with van der Waals surface area (Å²) >= 11 is 0. The Morgan fingerprint density at radius 1 is 1.07 bits per heavy atom. The molecule has 0 amide bonds. The van der Waals surface area contributed by atoms with Crippen LogP contribution in [0.3, 0.4) is 0 Å². The first-order valence-electron chi connectivity index (χ1n) is 9.84. The third kappa shape index (κ3) is 7.21. The summed E-state index contributed by atoms with van der Waals surface area (Å²) in [4.78, 5) is 6.24. The highest BCUT2D eigenvalue weighted by molar-refractivity contribution is 5.73. The van der Waals surface area contributed by atoms with Gasteiger partial charge in [0.25, 0.3) is 0 Å². The summed E-state index contributed by atoms with van der Waals surface area (Å²) in [6, 6.07) is 12.0. The summed E-state index contributed by atoms with van der Waals surface area (Å²) in [7, 11) is 3.97. The molecule has 0 saturated heterocycles. The number of pyridine rings is 1. The van der Waals surface area contributed by atoms with Gasteiger partial charge in [0.05, 0.1) is 0 Å². The molecule has 5 nitrogen and oxygen atoms in total. The second-order valence-electron chi connectivity index (χ2n) is 6.43. The van der Waals surface area contributed by atoms with Gasteiger partial charge in [-0.05, 0) is 37.6 Å². The summed E-state index contributed by atoms with van der Waals surface area (Å²) in [5, 5.41) is 18.7. The van der Waals surface area contributed by atoms with Crippen molar-refractivity contribution in [3.05, 3.63) is 42.1 Å². The Bertz CT molecular complexity index is 733. The minimum Gasteiger partial charge on any atom is -0.471 e. The minimum atomic E-state index is -0.596. The van der Waals surface area contributed by atoms with Crippen molar-refractivity contribution in [3.63, 3.8) is 0 Å². The van der Waals surface area contributed by atoms with Gasteiger partial charge < -0.3 is 14.7 Å². The normalized spacial score (nSPS) is 9.86. The van der Waals surface area contributed by atoms with Gasteiger partial charge in [-0.2, -0.15) is 5.26 Å². The van der Waals surface area contributed by atoms with E-state index in [4.69, 9.17) is 9.84 Å². The van der Waals surface area contributed by atoms with E-state index in [1.54, 1.807) is 6.20 Å². The summed E-state index contributed by atoms with van der Waals surface area (Å²) in [5.74, 6) is 0.296. The van der Waals surface area contributed by atoms with Crippen LogP contribution in [0.1, 0.15) is 53.5 Å². The molecule has 2 rings (SSSR count). The number of nitriles is 1. The van der Waals surface area contributed by atoms with Gasteiger partial charge in [-0.3, -0.25) is 0 Å². The minimum absolute atomic E-state index is 0.0145. The van der Waals surface area contributed by atoms with Crippen LogP contribution in [0.2, 0.25) is 0 Å². The van der Waals surface area contributed by atoms with E-state index in [2.05, 4.69) is 11.1 Å². The molecule has 5 heteroatoms. The van der Waals surface area contributed by atoms with Crippen molar-refractivity contribution in [2.45, 2.75) is 53.6 Å². The zero-order valence-corrected chi connectivity index (χ0v) is 18.6. The van der Waals surface area contributed by atoms with E-state index in [9.17, 15) is 5.26 Å². The molecule has 154 valence electrons. The standard InChI is InChI=1S/C19H23N3O2.2C2H6/c1-19(2,10-12-23)24-18-17(13-20)16(9-11-21-18)14-5-7-15(8-6-14)22(3)4;2*1-2/h5-9,11,23H,10,12H2,1-4H3;2*1-2H3. The molecule has 1 N–H and O–H groups in total. The molecule has 2 aromatic rings. The van der Waals surface area contributed by atoms with Crippen molar-refractivity contribution in [3.8, 4) is 23.1 Å². The van der Waals surface area contributed by atoms with Crippen molar-refractivity contribution in [2.75, 3.05) is 25.6 Å². The Balaban J connectivity index is 0.00000171. The topological polar surface area (TPSA) is 69.4 Å². The van der Waals surface area contributed by atoms with Crippen LogP contribution in [-0.4, -0.2) is 36.4 Å². The summed E-state index contributed by atoms with van der Waals surface area (Å²) < 4.78 is 5.89. The number of hydrogen-bond acceptors (Lipinski definition) is 5. The predicted molar refractivity (Wildman–Crippen MR) is 118 cm³/mol. The third-order valence-electron chi connectivity index (χ3n) is 3.81. The van der Waals surface area contributed by atoms with Gasteiger partial charge in [0.2, 0.25) is 5.88 Å². The number of ether oxygens (including phenoxy) is 1. The molecule has 0 unspecified atom stereocenters. The number of aromatic nitrogens is 1. The van der Waals surface area contributed by atoms with E-state index in [-0.39, 0.29) is 6.61 Å². The number of nitrogens with zero attached hydrogens (tertiary/aromatic N) is 3. The maximum Gasteiger partial charge on any atom is 0.232 e. The van der Waals surface area contributed by atoms with Crippen LogP contribution in [0.15, 0.2) is 36.5 Å². The van der Waals surface area contributed by atoms with Crippen molar-refractivity contribution in [1.82, 2.24) is 4.98 Å². The molecule has 28 heavy (non-hydrogen) atoms. The van der Waals surface area contributed by atoms with Crippen molar-refractivity contribution in [1.29, 1.82) is 5.26 Å². The molecule has 0 aliphatic rings. The molecule has 0 atom stereocenters. The quantitative estimate of drug-likeness (QED) is 0.733. The fourth-order valence-electron chi connectivity index (χ4n) is 2.39. The number of aliphatic hydroxyl groups is 1. The zero-order chi connectivity index (χ0) is 21.7. The van der Waals surface area contributed by atoms with E-state index in [1.165, 1.54) is 0 Å². The molecule has 0 bridgehead atoms. The molecule has 0 saturated carbocycles. The van der Waals surface area contributed by atoms with Crippen LogP contribution >= 0.6 is 0 Å². The van der Waals surface area contributed by atoms with Gasteiger partial charge in [0.1, 0.15) is 17.2 Å². The lowest BCUT2D eigenvalue weighted by atomic mass is 10.0. The van der Waals surface area contributed by atoms with Gasteiger partial charge in [0.15, 0.2) is 0 Å². The largest absolute Gasteiger partial charge is 0.471 e. The molecular formula is C23H35N3O2. The fraction of sp³-hybridized carbons (Fsp3) is 0.478. The Morgan fingerprint density at radius 3 is 2.11 bits per heavy atom. The highest BCUT2D eigenvalue weighted by Gasteiger charge is 2.23. The highest BCUT2D eigenvalue weighted by Crippen LogP contribution is 2.31. The summed E-state index contributed by atoms with van der Waals surface area (Å²) in [6.45, 7) is 11.7. The molecule has 0 spiro atoms. The Kier molecular flexibility index (Phi) is 11.6. The molecule has 0 aliphatic carbocycles. The van der Waals surface area contributed by atoms with Crippen molar-refractivity contribution < 1.29 is 9.84 Å².